The van der Waals surface area contributed by atoms with Gasteiger partial charge in [0.15, 0.2) is 0 Å². The van der Waals surface area contributed by atoms with E-state index in [1.807, 2.05) is 36.5 Å². The normalized spacial score (nSPS) is 23.3. The standard InChI is InChI=1S/C25H28FN3O/c26-22-6-2-4-8-24(22)28-13-10-20(11-14-28)29-16-19(25(30)17-29)15-18-9-12-27-23-7-3-1-5-21(18)23/h1-9,12,19-20,25,30H,10-11,13-17H2/t19-,25-/m1/s1. The van der Waals surface area contributed by atoms with E-state index in [4.69, 9.17) is 0 Å². The van der Waals surface area contributed by atoms with Crippen LogP contribution in [0.15, 0.2) is 60.8 Å². The summed E-state index contributed by atoms with van der Waals surface area (Å²) in [6.45, 7) is 3.37. The predicted molar refractivity (Wildman–Crippen MR) is 118 cm³/mol. The Bertz CT molecular complexity index is 1010. The van der Waals surface area contributed by atoms with E-state index in [2.05, 4.69) is 26.9 Å². The van der Waals surface area contributed by atoms with E-state index >= 15 is 0 Å². The summed E-state index contributed by atoms with van der Waals surface area (Å²) >= 11 is 0. The third-order valence-corrected chi connectivity index (χ3v) is 6.83. The van der Waals surface area contributed by atoms with Crippen LogP contribution in [-0.2, 0) is 6.42 Å². The molecule has 3 aromatic rings. The minimum atomic E-state index is -0.304. The van der Waals surface area contributed by atoms with E-state index < -0.39 is 0 Å². The van der Waals surface area contributed by atoms with Crippen LogP contribution in [0, 0.1) is 11.7 Å². The van der Waals surface area contributed by atoms with Gasteiger partial charge in [0.2, 0.25) is 0 Å². The van der Waals surface area contributed by atoms with Crippen LogP contribution < -0.4 is 4.90 Å². The smallest absolute Gasteiger partial charge is 0.146 e. The SMILES string of the molecule is O[C@@H]1CN(C2CCN(c3ccccc3F)CC2)C[C@H]1Cc1ccnc2ccccc12. The molecule has 0 amide bonds. The molecule has 4 nitrogen and oxygen atoms in total. The number of halogens is 1. The number of para-hydroxylation sites is 2. The lowest BCUT2D eigenvalue weighted by molar-refractivity contribution is 0.132. The molecule has 5 rings (SSSR count). The maximum Gasteiger partial charge on any atom is 0.146 e. The number of fused-ring (bicyclic) bond motifs is 1. The minimum Gasteiger partial charge on any atom is -0.391 e. The molecule has 156 valence electrons. The molecule has 1 aromatic heterocycles. The minimum absolute atomic E-state index is 0.141. The van der Waals surface area contributed by atoms with Crippen molar-refractivity contribution in [2.24, 2.45) is 5.92 Å². The van der Waals surface area contributed by atoms with Crippen LogP contribution in [0.4, 0.5) is 10.1 Å². The molecule has 3 heterocycles. The Balaban J connectivity index is 1.23. The quantitative estimate of drug-likeness (QED) is 0.715. The molecular formula is C25H28FN3O. The van der Waals surface area contributed by atoms with Gasteiger partial charge in [0, 0.05) is 49.7 Å². The van der Waals surface area contributed by atoms with Crippen molar-refractivity contribution in [1.29, 1.82) is 0 Å². The molecule has 30 heavy (non-hydrogen) atoms. The van der Waals surface area contributed by atoms with Gasteiger partial charge in [-0.15, -0.1) is 0 Å². The highest BCUT2D eigenvalue weighted by atomic mass is 19.1. The molecule has 5 heteroatoms. The summed E-state index contributed by atoms with van der Waals surface area (Å²) in [5, 5.41) is 12.0. The number of benzene rings is 2. The molecule has 2 saturated heterocycles. The van der Waals surface area contributed by atoms with Gasteiger partial charge >= 0.3 is 0 Å². The van der Waals surface area contributed by atoms with E-state index in [1.54, 1.807) is 6.07 Å². The summed E-state index contributed by atoms with van der Waals surface area (Å²) in [7, 11) is 0. The zero-order chi connectivity index (χ0) is 20.5. The summed E-state index contributed by atoms with van der Waals surface area (Å²) in [5.41, 5.74) is 2.99. The van der Waals surface area contributed by atoms with Crippen LogP contribution in [0.1, 0.15) is 18.4 Å². The van der Waals surface area contributed by atoms with Crippen molar-refractivity contribution in [3.8, 4) is 0 Å². The second-order valence-corrected chi connectivity index (χ2v) is 8.64. The highest BCUT2D eigenvalue weighted by Crippen LogP contribution is 2.30. The van der Waals surface area contributed by atoms with Crippen molar-refractivity contribution < 1.29 is 9.50 Å². The molecule has 2 atom stereocenters. The first-order valence-electron chi connectivity index (χ1n) is 10.9. The first-order chi connectivity index (χ1) is 14.7. The number of nitrogens with zero attached hydrogens (tertiary/aromatic N) is 3. The van der Waals surface area contributed by atoms with Crippen molar-refractivity contribution in [2.75, 3.05) is 31.1 Å². The van der Waals surface area contributed by atoms with Gasteiger partial charge < -0.3 is 10.0 Å². The van der Waals surface area contributed by atoms with Crippen molar-refractivity contribution >= 4 is 16.6 Å². The van der Waals surface area contributed by atoms with Crippen LogP contribution in [-0.4, -0.2) is 53.3 Å². The van der Waals surface area contributed by atoms with E-state index in [0.717, 1.165) is 51.0 Å². The fourth-order valence-electron chi connectivity index (χ4n) is 5.18. The molecular weight excluding hydrogens is 377 g/mol. The number of aliphatic hydroxyl groups is 1. The molecule has 0 aliphatic carbocycles. The lowest BCUT2D eigenvalue weighted by Gasteiger charge is -2.38. The maximum atomic E-state index is 14.1. The second-order valence-electron chi connectivity index (χ2n) is 8.64. The maximum absolute atomic E-state index is 14.1. The van der Waals surface area contributed by atoms with Gasteiger partial charge in [-0.2, -0.15) is 0 Å². The van der Waals surface area contributed by atoms with E-state index in [0.29, 0.717) is 11.7 Å². The number of β-amino-alcohol motifs (C(OH)–C–C–N with tert-alkyl or cyclic N) is 1. The summed E-state index contributed by atoms with van der Waals surface area (Å²) < 4.78 is 14.1. The van der Waals surface area contributed by atoms with Gasteiger partial charge in [-0.05, 0) is 49.1 Å². The molecule has 0 spiro atoms. The fraction of sp³-hybridized carbons (Fsp3) is 0.400. The Hall–Kier alpha value is -2.50. The largest absolute Gasteiger partial charge is 0.391 e. The van der Waals surface area contributed by atoms with Crippen LogP contribution in [0.5, 0.6) is 0 Å². The van der Waals surface area contributed by atoms with Gasteiger partial charge in [0.25, 0.3) is 0 Å². The fourth-order valence-corrected chi connectivity index (χ4v) is 5.18. The van der Waals surface area contributed by atoms with Gasteiger partial charge in [-0.25, -0.2) is 4.39 Å². The Labute approximate surface area is 177 Å². The van der Waals surface area contributed by atoms with Gasteiger partial charge in [0.1, 0.15) is 5.82 Å². The van der Waals surface area contributed by atoms with Crippen molar-refractivity contribution in [1.82, 2.24) is 9.88 Å². The monoisotopic (exact) mass is 405 g/mol. The number of likely N-dealkylation sites (tertiary alicyclic amines) is 1. The summed E-state index contributed by atoms with van der Waals surface area (Å²) in [6, 6.07) is 17.8. The number of aliphatic hydroxyl groups excluding tert-OH is 1. The average molecular weight is 406 g/mol. The van der Waals surface area contributed by atoms with E-state index in [1.165, 1.54) is 17.0 Å². The Morgan fingerprint density at radius 1 is 0.967 bits per heavy atom. The lowest BCUT2D eigenvalue weighted by atomic mass is 9.94. The zero-order valence-electron chi connectivity index (χ0n) is 17.1. The Kier molecular flexibility index (Phi) is 5.40. The number of hydrogen-bond donors (Lipinski definition) is 1. The number of piperidine rings is 1. The average Bonchev–Trinajstić information content (AvgIpc) is 3.15. The zero-order valence-corrected chi connectivity index (χ0v) is 17.1. The highest BCUT2D eigenvalue weighted by molar-refractivity contribution is 5.81. The first-order valence-corrected chi connectivity index (χ1v) is 10.9. The molecule has 0 radical (unpaired) electrons. The molecule has 0 saturated carbocycles. The van der Waals surface area contributed by atoms with Crippen LogP contribution in [0.2, 0.25) is 0 Å². The van der Waals surface area contributed by atoms with E-state index in [-0.39, 0.29) is 17.8 Å². The van der Waals surface area contributed by atoms with Crippen molar-refractivity contribution in [3.63, 3.8) is 0 Å². The number of aromatic nitrogens is 1. The molecule has 2 aromatic carbocycles. The van der Waals surface area contributed by atoms with Gasteiger partial charge in [-0.1, -0.05) is 30.3 Å². The first kappa shape index (κ1) is 19.5. The third kappa shape index (κ3) is 3.80. The molecule has 2 fully saturated rings. The second kappa shape index (κ2) is 8.32. The Morgan fingerprint density at radius 2 is 1.73 bits per heavy atom. The Morgan fingerprint density at radius 3 is 2.57 bits per heavy atom. The van der Waals surface area contributed by atoms with Gasteiger partial charge in [-0.3, -0.25) is 9.88 Å². The van der Waals surface area contributed by atoms with Crippen LogP contribution >= 0.6 is 0 Å². The number of hydrogen-bond acceptors (Lipinski definition) is 4. The number of anilines is 1. The summed E-state index contributed by atoms with van der Waals surface area (Å²) in [4.78, 5) is 9.07. The highest BCUT2D eigenvalue weighted by Gasteiger charge is 2.36. The molecule has 2 aliphatic rings. The topological polar surface area (TPSA) is 39.6 Å². The van der Waals surface area contributed by atoms with Crippen LogP contribution in [0.3, 0.4) is 0 Å². The summed E-state index contributed by atoms with van der Waals surface area (Å²) in [6.07, 6.45) is 4.45. The number of pyridine rings is 1. The molecule has 1 N–H and O–H groups in total. The summed E-state index contributed by atoms with van der Waals surface area (Å²) in [5.74, 6) is 0.0950. The molecule has 2 aliphatic heterocycles. The number of rotatable bonds is 4. The lowest BCUT2D eigenvalue weighted by Crippen LogP contribution is -2.44. The molecule has 0 unspecified atom stereocenters. The third-order valence-electron chi connectivity index (χ3n) is 6.83. The molecule has 0 bridgehead atoms. The van der Waals surface area contributed by atoms with E-state index in [9.17, 15) is 9.50 Å². The van der Waals surface area contributed by atoms with Crippen molar-refractivity contribution in [3.05, 3.63) is 72.2 Å². The predicted octanol–water partition coefficient (Wildman–Crippen LogP) is 3.88. The van der Waals surface area contributed by atoms with Gasteiger partial charge in [0.05, 0.1) is 17.3 Å². The van der Waals surface area contributed by atoms with Crippen LogP contribution in [0.25, 0.3) is 10.9 Å². The van der Waals surface area contributed by atoms with Crippen molar-refractivity contribution in [2.45, 2.75) is 31.4 Å².